The predicted molar refractivity (Wildman–Crippen MR) is 69.0 cm³/mol. The van der Waals surface area contributed by atoms with Gasteiger partial charge in [0.1, 0.15) is 0 Å². The van der Waals surface area contributed by atoms with E-state index in [1.807, 2.05) is 12.1 Å². The van der Waals surface area contributed by atoms with Crippen LogP contribution < -0.4 is 0 Å². The van der Waals surface area contributed by atoms with Crippen LogP contribution in [-0.2, 0) is 13.2 Å². The molecule has 0 aliphatic carbocycles. The van der Waals surface area contributed by atoms with Crippen molar-refractivity contribution < 1.29 is 10.2 Å². The van der Waals surface area contributed by atoms with E-state index in [2.05, 4.69) is 13.8 Å². The molecule has 2 nitrogen and oxygen atoms in total. The topological polar surface area (TPSA) is 40.5 Å². The lowest BCUT2D eigenvalue weighted by atomic mass is 10.2. The normalized spacial score (nSPS) is 11.0. The van der Waals surface area contributed by atoms with Crippen molar-refractivity contribution >= 4 is 22.7 Å². The minimum Gasteiger partial charge on any atom is -0.391 e. The minimum atomic E-state index is 0.1000. The van der Waals surface area contributed by atoms with Gasteiger partial charge in [0, 0.05) is 19.5 Å². The van der Waals surface area contributed by atoms with Crippen LogP contribution in [0.5, 0.6) is 0 Å². The molecule has 2 aromatic rings. The molecule has 2 N–H and O–H groups in total. The van der Waals surface area contributed by atoms with E-state index in [0.29, 0.717) is 0 Å². The highest BCUT2D eigenvalue weighted by Crippen LogP contribution is 2.39. The Hall–Kier alpha value is -0.680. The number of hydrogen-bond donors (Lipinski definition) is 2. The van der Waals surface area contributed by atoms with E-state index in [0.717, 1.165) is 9.75 Å². The van der Waals surface area contributed by atoms with Gasteiger partial charge in [-0.1, -0.05) is 0 Å². The van der Waals surface area contributed by atoms with Crippen LogP contribution in [-0.4, -0.2) is 10.2 Å². The lowest BCUT2D eigenvalue weighted by molar-refractivity contribution is 0.285. The Morgan fingerprint density at radius 3 is 1.50 bits per heavy atom. The third kappa shape index (κ3) is 2.06. The second-order valence-corrected chi connectivity index (χ2v) is 6.04. The summed E-state index contributed by atoms with van der Waals surface area (Å²) in [5.41, 5.74) is 2.40. The Labute approximate surface area is 103 Å². The van der Waals surface area contributed by atoms with Crippen molar-refractivity contribution in [3.63, 3.8) is 0 Å². The molecule has 0 atom stereocenters. The average Bonchev–Trinajstić information content (AvgIpc) is 2.81. The van der Waals surface area contributed by atoms with E-state index >= 15 is 0 Å². The third-order valence-corrected chi connectivity index (χ3v) is 5.06. The molecular formula is C12H14O2S2. The van der Waals surface area contributed by atoms with Gasteiger partial charge >= 0.3 is 0 Å². The summed E-state index contributed by atoms with van der Waals surface area (Å²) in [7, 11) is 0. The summed E-state index contributed by atoms with van der Waals surface area (Å²) >= 11 is 3.26. The van der Waals surface area contributed by atoms with Gasteiger partial charge in [-0.3, -0.25) is 0 Å². The Morgan fingerprint density at radius 1 is 0.875 bits per heavy atom. The molecule has 0 aliphatic rings. The maximum absolute atomic E-state index is 9.12. The van der Waals surface area contributed by atoms with E-state index in [-0.39, 0.29) is 13.2 Å². The molecular weight excluding hydrogens is 240 g/mol. The number of aliphatic hydroxyl groups is 2. The number of aryl methyl sites for hydroxylation is 2. The molecule has 0 unspecified atom stereocenters. The zero-order chi connectivity index (χ0) is 11.7. The van der Waals surface area contributed by atoms with Crippen LogP contribution in [0.3, 0.4) is 0 Å². The monoisotopic (exact) mass is 254 g/mol. The van der Waals surface area contributed by atoms with Crippen LogP contribution in [0, 0.1) is 13.8 Å². The zero-order valence-corrected chi connectivity index (χ0v) is 10.9. The first-order valence-electron chi connectivity index (χ1n) is 5.06. The van der Waals surface area contributed by atoms with Gasteiger partial charge in [-0.25, -0.2) is 0 Å². The molecule has 0 amide bonds. The van der Waals surface area contributed by atoms with Crippen LogP contribution >= 0.6 is 22.7 Å². The van der Waals surface area contributed by atoms with Crippen molar-refractivity contribution in [2.75, 3.05) is 0 Å². The van der Waals surface area contributed by atoms with Gasteiger partial charge in [-0.15, -0.1) is 22.7 Å². The molecule has 0 aromatic carbocycles. The van der Waals surface area contributed by atoms with Crippen molar-refractivity contribution in [1.82, 2.24) is 0 Å². The van der Waals surface area contributed by atoms with Gasteiger partial charge in [0.2, 0.25) is 0 Å². The molecule has 2 rings (SSSR count). The van der Waals surface area contributed by atoms with Crippen molar-refractivity contribution in [2.45, 2.75) is 27.1 Å². The van der Waals surface area contributed by atoms with Gasteiger partial charge in [-0.2, -0.15) is 0 Å². The van der Waals surface area contributed by atoms with E-state index < -0.39 is 0 Å². The van der Waals surface area contributed by atoms with Gasteiger partial charge in [0.05, 0.1) is 13.2 Å². The maximum atomic E-state index is 9.12. The van der Waals surface area contributed by atoms with Gasteiger partial charge in [0.15, 0.2) is 0 Å². The molecule has 0 fully saturated rings. The fourth-order valence-electron chi connectivity index (χ4n) is 1.70. The molecule has 0 aliphatic heterocycles. The summed E-state index contributed by atoms with van der Waals surface area (Å²) in [6, 6.07) is 4.05. The second-order valence-electron chi connectivity index (χ2n) is 3.77. The van der Waals surface area contributed by atoms with Crippen LogP contribution in [0.15, 0.2) is 12.1 Å². The lowest BCUT2D eigenvalue weighted by Crippen LogP contribution is -1.72. The van der Waals surface area contributed by atoms with Crippen LogP contribution in [0.4, 0.5) is 0 Å². The molecule has 0 spiro atoms. The Kier molecular flexibility index (Phi) is 3.44. The van der Waals surface area contributed by atoms with Crippen molar-refractivity contribution in [1.29, 1.82) is 0 Å². The summed E-state index contributed by atoms with van der Waals surface area (Å²) in [6.07, 6.45) is 0. The van der Waals surface area contributed by atoms with Crippen molar-refractivity contribution in [3.05, 3.63) is 33.0 Å². The summed E-state index contributed by atoms with van der Waals surface area (Å²) < 4.78 is 0. The molecule has 0 radical (unpaired) electrons. The summed E-state index contributed by atoms with van der Waals surface area (Å²) in [5.74, 6) is 0. The van der Waals surface area contributed by atoms with Gasteiger partial charge in [-0.05, 0) is 37.1 Å². The first-order valence-corrected chi connectivity index (χ1v) is 6.69. The predicted octanol–water partition coefficient (Wildman–Crippen LogP) is 3.08. The second kappa shape index (κ2) is 4.67. The summed E-state index contributed by atoms with van der Waals surface area (Å²) in [5, 5.41) is 18.2. The SMILES string of the molecule is Cc1cc(CO)sc1-c1sc(CO)cc1C. The van der Waals surface area contributed by atoms with Crippen molar-refractivity contribution in [3.8, 4) is 9.75 Å². The highest BCUT2D eigenvalue weighted by Gasteiger charge is 2.13. The van der Waals surface area contributed by atoms with Crippen molar-refractivity contribution in [2.24, 2.45) is 0 Å². The maximum Gasteiger partial charge on any atom is 0.0774 e. The fraction of sp³-hybridized carbons (Fsp3) is 0.333. The Bertz CT molecular complexity index is 451. The number of aliphatic hydroxyl groups excluding tert-OH is 2. The fourth-order valence-corrected chi connectivity index (χ4v) is 4.02. The number of rotatable bonds is 3. The first kappa shape index (κ1) is 11.8. The van der Waals surface area contributed by atoms with E-state index in [4.69, 9.17) is 10.2 Å². The van der Waals surface area contributed by atoms with E-state index in [9.17, 15) is 0 Å². The van der Waals surface area contributed by atoms with Crippen LogP contribution in [0.2, 0.25) is 0 Å². The highest BCUT2D eigenvalue weighted by molar-refractivity contribution is 7.22. The molecule has 0 saturated heterocycles. The van der Waals surface area contributed by atoms with Gasteiger partial charge in [0.25, 0.3) is 0 Å². The molecule has 0 bridgehead atoms. The molecule has 86 valence electrons. The summed E-state index contributed by atoms with van der Waals surface area (Å²) in [4.78, 5) is 4.41. The molecule has 4 heteroatoms. The average molecular weight is 254 g/mol. The minimum absolute atomic E-state index is 0.1000. The quantitative estimate of drug-likeness (QED) is 0.883. The van der Waals surface area contributed by atoms with E-state index in [1.165, 1.54) is 20.9 Å². The molecule has 16 heavy (non-hydrogen) atoms. The molecule has 2 heterocycles. The number of thiophene rings is 2. The summed E-state index contributed by atoms with van der Waals surface area (Å²) in [6.45, 7) is 4.32. The standard InChI is InChI=1S/C12H14O2S2/c1-7-3-9(5-13)15-11(7)12-8(2)4-10(6-14)16-12/h3-4,13-14H,5-6H2,1-2H3. The third-order valence-electron chi connectivity index (χ3n) is 2.46. The molecule has 2 aromatic heterocycles. The van der Waals surface area contributed by atoms with Crippen LogP contribution in [0.25, 0.3) is 9.75 Å². The smallest absolute Gasteiger partial charge is 0.0774 e. The first-order chi connectivity index (χ1) is 7.65. The highest BCUT2D eigenvalue weighted by atomic mass is 32.1. The number of hydrogen-bond acceptors (Lipinski definition) is 4. The van der Waals surface area contributed by atoms with Gasteiger partial charge < -0.3 is 10.2 Å². The largest absolute Gasteiger partial charge is 0.391 e. The van der Waals surface area contributed by atoms with E-state index in [1.54, 1.807) is 22.7 Å². The zero-order valence-electron chi connectivity index (χ0n) is 9.28. The van der Waals surface area contributed by atoms with Crippen LogP contribution in [0.1, 0.15) is 20.9 Å². The lowest BCUT2D eigenvalue weighted by Gasteiger charge is -1.96. The Balaban J connectivity index is 2.48. The molecule has 0 saturated carbocycles. The Morgan fingerprint density at radius 2 is 1.25 bits per heavy atom.